The zero-order valence-corrected chi connectivity index (χ0v) is 18.2. The van der Waals surface area contributed by atoms with Gasteiger partial charge in [-0.15, -0.1) is 0 Å². The van der Waals surface area contributed by atoms with E-state index < -0.39 is 0 Å². The van der Waals surface area contributed by atoms with Gasteiger partial charge in [0.2, 0.25) is 5.91 Å². The maximum atomic E-state index is 12.7. The van der Waals surface area contributed by atoms with Crippen molar-refractivity contribution in [3.05, 3.63) is 66.2 Å². The summed E-state index contributed by atoms with van der Waals surface area (Å²) in [6.07, 6.45) is 3.83. The third kappa shape index (κ3) is 4.86. The molecule has 160 valence electrons. The highest BCUT2D eigenvalue weighted by atomic mass is 16.5. The summed E-state index contributed by atoms with van der Waals surface area (Å²) in [5.41, 5.74) is 1.24. The van der Waals surface area contributed by atoms with Crippen molar-refractivity contribution in [1.29, 1.82) is 0 Å². The van der Waals surface area contributed by atoms with E-state index in [0.717, 1.165) is 44.6 Å². The first-order chi connectivity index (χ1) is 14.6. The van der Waals surface area contributed by atoms with Crippen LogP contribution in [-0.4, -0.2) is 53.5 Å². The Balaban J connectivity index is 1.30. The Morgan fingerprint density at radius 1 is 1.00 bits per heavy atom. The van der Waals surface area contributed by atoms with Gasteiger partial charge in [-0.2, -0.15) is 0 Å². The second-order valence-corrected chi connectivity index (χ2v) is 8.95. The largest absolute Gasteiger partial charge is 0.487 e. The zero-order valence-electron chi connectivity index (χ0n) is 18.2. The topological polar surface area (TPSA) is 32.8 Å². The lowest BCUT2D eigenvalue weighted by Crippen LogP contribution is -2.68. The third-order valence-corrected chi connectivity index (χ3v) is 6.69. The minimum Gasteiger partial charge on any atom is -0.487 e. The van der Waals surface area contributed by atoms with Gasteiger partial charge in [0.05, 0.1) is 6.04 Å². The van der Waals surface area contributed by atoms with Crippen LogP contribution in [0.3, 0.4) is 0 Å². The average Bonchev–Trinajstić information content (AvgIpc) is 2.76. The van der Waals surface area contributed by atoms with Gasteiger partial charge in [0.15, 0.2) is 0 Å². The van der Waals surface area contributed by atoms with Crippen molar-refractivity contribution < 1.29 is 9.53 Å². The monoisotopic (exact) mass is 406 g/mol. The number of aryl methyl sites for hydroxylation is 1. The molecule has 2 fully saturated rings. The van der Waals surface area contributed by atoms with Gasteiger partial charge in [-0.05, 0) is 56.7 Å². The summed E-state index contributed by atoms with van der Waals surface area (Å²) in [7, 11) is 0. The summed E-state index contributed by atoms with van der Waals surface area (Å²) in [4.78, 5) is 17.3. The minimum atomic E-state index is 0.250. The SMILES string of the molecule is CC(C)N1CC(Oc2ccccc2)C1C1CCN(C(=O)CCc2ccccc2)CC1. The van der Waals surface area contributed by atoms with E-state index in [1.807, 2.05) is 48.5 Å². The number of hydrogen-bond donors (Lipinski definition) is 0. The van der Waals surface area contributed by atoms with Crippen molar-refractivity contribution >= 4 is 5.91 Å². The Kier molecular flexibility index (Phi) is 6.73. The molecule has 2 unspecified atom stereocenters. The van der Waals surface area contributed by atoms with E-state index in [1.165, 1.54) is 5.56 Å². The molecule has 4 heteroatoms. The van der Waals surface area contributed by atoms with Crippen LogP contribution in [0, 0.1) is 5.92 Å². The van der Waals surface area contributed by atoms with Crippen LogP contribution in [0.2, 0.25) is 0 Å². The van der Waals surface area contributed by atoms with Gasteiger partial charge in [-0.3, -0.25) is 9.69 Å². The van der Waals surface area contributed by atoms with Crippen LogP contribution in [0.15, 0.2) is 60.7 Å². The number of carbonyl (C=O) groups is 1. The number of carbonyl (C=O) groups excluding carboxylic acids is 1. The quantitative estimate of drug-likeness (QED) is 0.683. The predicted octanol–water partition coefficient (Wildman–Crippen LogP) is 4.40. The standard InChI is InChI=1S/C26H34N2O2/c1-20(2)28-19-24(30-23-11-7-4-8-12-23)26(28)22-15-17-27(18-16-22)25(29)14-13-21-9-5-3-6-10-21/h3-12,20,22,24,26H,13-19H2,1-2H3. The van der Waals surface area contributed by atoms with Crippen molar-refractivity contribution in [2.75, 3.05) is 19.6 Å². The second kappa shape index (κ2) is 9.65. The summed E-state index contributed by atoms with van der Waals surface area (Å²) in [6, 6.07) is 21.5. The van der Waals surface area contributed by atoms with E-state index in [4.69, 9.17) is 4.74 Å². The molecule has 2 aromatic rings. The maximum absolute atomic E-state index is 12.7. The first-order valence-electron chi connectivity index (χ1n) is 11.4. The molecule has 4 rings (SSSR count). The smallest absolute Gasteiger partial charge is 0.222 e. The lowest BCUT2D eigenvalue weighted by Gasteiger charge is -2.54. The molecule has 2 aliphatic heterocycles. The van der Waals surface area contributed by atoms with Gasteiger partial charge in [-0.1, -0.05) is 48.5 Å². The van der Waals surface area contributed by atoms with Crippen LogP contribution in [0.1, 0.15) is 38.7 Å². The molecule has 0 aromatic heterocycles. The number of piperidine rings is 1. The van der Waals surface area contributed by atoms with E-state index >= 15 is 0 Å². The first kappa shape index (κ1) is 20.9. The Hall–Kier alpha value is -2.33. The molecule has 0 spiro atoms. The zero-order chi connectivity index (χ0) is 20.9. The number of hydrogen-bond acceptors (Lipinski definition) is 3. The molecular formula is C26H34N2O2. The lowest BCUT2D eigenvalue weighted by molar-refractivity contribution is -0.135. The molecule has 0 saturated carbocycles. The highest BCUT2D eigenvalue weighted by molar-refractivity contribution is 5.76. The number of ether oxygens (including phenoxy) is 1. The van der Waals surface area contributed by atoms with Gasteiger partial charge in [0.25, 0.3) is 0 Å². The molecule has 2 atom stereocenters. The molecule has 30 heavy (non-hydrogen) atoms. The molecule has 0 aliphatic carbocycles. The number of nitrogens with zero attached hydrogens (tertiary/aromatic N) is 2. The average molecular weight is 407 g/mol. The normalized spacial score (nSPS) is 22.7. The number of rotatable bonds is 7. The van der Waals surface area contributed by atoms with Gasteiger partial charge in [-0.25, -0.2) is 0 Å². The number of amides is 1. The number of likely N-dealkylation sites (tertiary alicyclic amines) is 2. The van der Waals surface area contributed by atoms with Crippen LogP contribution in [-0.2, 0) is 11.2 Å². The fourth-order valence-electron chi connectivity index (χ4n) is 4.97. The molecule has 2 aromatic carbocycles. The number of para-hydroxylation sites is 1. The van der Waals surface area contributed by atoms with Crippen molar-refractivity contribution in [3.63, 3.8) is 0 Å². The van der Waals surface area contributed by atoms with Crippen LogP contribution < -0.4 is 4.74 Å². The predicted molar refractivity (Wildman–Crippen MR) is 121 cm³/mol. The molecule has 1 amide bonds. The Bertz CT molecular complexity index is 800. The number of benzene rings is 2. The Morgan fingerprint density at radius 3 is 2.27 bits per heavy atom. The molecular weight excluding hydrogens is 372 g/mol. The van der Waals surface area contributed by atoms with Gasteiger partial charge < -0.3 is 9.64 Å². The van der Waals surface area contributed by atoms with Crippen molar-refractivity contribution in [1.82, 2.24) is 9.80 Å². The maximum Gasteiger partial charge on any atom is 0.222 e. The Morgan fingerprint density at radius 2 is 1.63 bits per heavy atom. The summed E-state index contributed by atoms with van der Waals surface area (Å²) >= 11 is 0. The van der Waals surface area contributed by atoms with Crippen LogP contribution in [0.5, 0.6) is 5.75 Å². The fraction of sp³-hybridized carbons (Fsp3) is 0.500. The van der Waals surface area contributed by atoms with E-state index in [1.54, 1.807) is 0 Å². The summed E-state index contributed by atoms with van der Waals surface area (Å²) in [6.45, 7) is 7.28. The van der Waals surface area contributed by atoms with Gasteiger partial charge in [0, 0.05) is 32.1 Å². The highest BCUT2D eigenvalue weighted by Gasteiger charge is 2.47. The third-order valence-electron chi connectivity index (χ3n) is 6.69. The van der Waals surface area contributed by atoms with Crippen molar-refractivity contribution in [2.45, 2.75) is 57.7 Å². The van der Waals surface area contributed by atoms with Crippen molar-refractivity contribution in [3.8, 4) is 5.75 Å². The van der Waals surface area contributed by atoms with Crippen LogP contribution >= 0.6 is 0 Å². The second-order valence-electron chi connectivity index (χ2n) is 8.95. The van der Waals surface area contributed by atoms with Crippen molar-refractivity contribution in [2.24, 2.45) is 5.92 Å². The lowest BCUT2D eigenvalue weighted by atomic mass is 9.79. The minimum absolute atomic E-state index is 0.250. The van der Waals surface area contributed by atoms with E-state index in [0.29, 0.717) is 30.3 Å². The molecule has 2 saturated heterocycles. The van der Waals surface area contributed by atoms with Crippen LogP contribution in [0.25, 0.3) is 0 Å². The summed E-state index contributed by atoms with van der Waals surface area (Å²) in [5.74, 6) is 1.85. The summed E-state index contributed by atoms with van der Waals surface area (Å²) < 4.78 is 6.34. The highest BCUT2D eigenvalue weighted by Crippen LogP contribution is 2.36. The molecule has 2 aliphatic rings. The van der Waals surface area contributed by atoms with E-state index in [2.05, 4.69) is 35.8 Å². The summed E-state index contributed by atoms with van der Waals surface area (Å²) in [5, 5.41) is 0. The Labute approximate surface area is 180 Å². The van der Waals surface area contributed by atoms with Crippen LogP contribution in [0.4, 0.5) is 0 Å². The molecule has 2 heterocycles. The van der Waals surface area contributed by atoms with Gasteiger partial charge >= 0.3 is 0 Å². The van der Waals surface area contributed by atoms with Gasteiger partial charge in [0.1, 0.15) is 11.9 Å². The fourth-order valence-corrected chi connectivity index (χ4v) is 4.97. The molecule has 0 bridgehead atoms. The first-order valence-corrected chi connectivity index (χ1v) is 11.4. The molecule has 4 nitrogen and oxygen atoms in total. The molecule has 0 radical (unpaired) electrons. The molecule has 0 N–H and O–H groups in total. The van der Waals surface area contributed by atoms with E-state index in [-0.39, 0.29) is 6.10 Å². The van der Waals surface area contributed by atoms with E-state index in [9.17, 15) is 4.79 Å².